The summed E-state index contributed by atoms with van der Waals surface area (Å²) in [5.41, 5.74) is 31.2. The highest BCUT2D eigenvalue weighted by molar-refractivity contribution is 6.04. The molecule has 6 aromatic rings. The van der Waals surface area contributed by atoms with Gasteiger partial charge in [-0.25, -0.2) is 4.98 Å². The molecule has 0 aliphatic carbocycles. The molecule has 18 heteroatoms. The number of nitrogens with two attached hydrogens (primary N) is 4. The van der Waals surface area contributed by atoms with Crippen LogP contribution >= 0.6 is 0 Å². The number of aryl methyl sites for hydroxylation is 5. The molecular formula is C44H61N13O5. The quantitative estimate of drug-likeness (QED) is 0.0399. The van der Waals surface area contributed by atoms with E-state index in [1.807, 2.05) is 101 Å². The first-order chi connectivity index (χ1) is 29.8. The predicted molar refractivity (Wildman–Crippen MR) is 246 cm³/mol. The largest absolute Gasteiger partial charge is 0.495 e. The maximum atomic E-state index is 13.7. The van der Waals surface area contributed by atoms with Crippen molar-refractivity contribution >= 4 is 63.6 Å². The molecule has 0 aliphatic rings. The van der Waals surface area contributed by atoms with Crippen molar-refractivity contribution in [2.75, 3.05) is 38.4 Å². The predicted octanol–water partition coefficient (Wildman–Crippen LogP) is 5.12. The molecule has 62 heavy (non-hydrogen) atoms. The highest BCUT2D eigenvalue weighted by atomic mass is 16.5. The third-order valence-electron chi connectivity index (χ3n) is 9.68. The summed E-state index contributed by atoms with van der Waals surface area (Å²) in [6.45, 7) is 16.6. The maximum absolute atomic E-state index is 13.7. The average Bonchev–Trinajstić information content (AvgIpc) is 4.00. The van der Waals surface area contributed by atoms with Gasteiger partial charge in [0.1, 0.15) is 22.7 Å². The van der Waals surface area contributed by atoms with Crippen LogP contribution in [0.2, 0.25) is 0 Å². The minimum atomic E-state index is -0.622. The fraction of sp³-hybridized carbons (Fsp3) is 0.364. The number of fused-ring (bicyclic) bond motifs is 2. The fourth-order valence-electron chi connectivity index (χ4n) is 7.06. The van der Waals surface area contributed by atoms with Gasteiger partial charge in [0.2, 0.25) is 18.3 Å². The van der Waals surface area contributed by atoms with E-state index >= 15 is 0 Å². The van der Waals surface area contributed by atoms with Crippen LogP contribution in [0.5, 0.6) is 11.5 Å². The Morgan fingerprint density at radius 2 is 1.47 bits per heavy atom. The summed E-state index contributed by atoms with van der Waals surface area (Å²) in [6.07, 6.45) is 6.83. The van der Waals surface area contributed by atoms with Crippen molar-refractivity contribution in [3.05, 3.63) is 88.1 Å². The van der Waals surface area contributed by atoms with Crippen molar-refractivity contribution in [2.24, 2.45) is 17.2 Å². The molecule has 0 unspecified atom stereocenters. The summed E-state index contributed by atoms with van der Waals surface area (Å²) in [4.78, 5) is 39.5. The Kier molecular flexibility index (Phi) is 16.9. The first kappa shape index (κ1) is 47.6. The fourth-order valence-corrected chi connectivity index (χ4v) is 7.06. The number of carbonyl (C=O) groups excluding carboxylic acids is 3. The molecule has 0 spiro atoms. The zero-order valence-corrected chi connectivity index (χ0v) is 37.2. The summed E-state index contributed by atoms with van der Waals surface area (Å²) in [5.74, 6) is 0.352. The third-order valence-corrected chi connectivity index (χ3v) is 9.68. The van der Waals surface area contributed by atoms with Gasteiger partial charge in [0.15, 0.2) is 0 Å². The summed E-state index contributed by atoms with van der Waals surface area (Å²) in [5, 5.41) is 16.0. The molecule has 0 radical (unpaired) electrons. The molecule has 4 heterocycles. The zero-order valence-electron chi connectivity index (χ0n) is 37.2. The van der Waals surface area contributed by atoms with Crippen LogP contribution in [0.3, 0.4) is 0 Å². The van der Waals surface area contributed by atoms with Crippen molar-refractivity contribution in [2.45, 2.75) is 81.1 Å². The number of nitrogens with zero attached hydrogens (tertiary/aromatic N) is 7. The van der Waals surface area contributed by atoms with Gasteiger partial charge in [0, 0.05) is 37.1 Å². The van der Waals surface area contributed by atoms with Crippen molar-refractivity contribution in [1.29, 1.82) is 0 Å². The first-order valence-corrected chi connectivity index (χ1v) is 20.6. The zero-order chi connectivity index (χ0) is 45.7. The SMILES string of the molecule is CC.CCn1nc(C)cc1C(=O)Nc1nc2cc(C(N)=O)cc(OCCCNC)c2n1C/C=C/Cn1c(/C=C(\N)c2cc(C)nn2CC)c(N)c2cc(C)cc(OC)c21.NC=O. The number of nitrogen functional groups attached to an aromatic ring is 1. The lowest BCUT2D eigenvalue weighted by Crippen LogP contribution is -2.20. The monoisotopic (exact) mass is 851 g/mol. The number of aromatic nitrogens is 7. The molecule has 2 aromatic carbocycles. The van der Waals surface area contributed by atoms with Crippen LogP contribution < -0.4 is 43.0 Å². The average molecular weight is 852 g/mol. The number of carbonyl (C=O) groups is 3. The van der Waals surface area contributed by atoms with E-state index in [2.05, 4.69) is 31.1 Å². The lowest BCUT2D eigenvalue weighted by molar-refractivity contribution is -0.106. The molecule has 332 valence electrons. The summed E-state index contributed by atoms with van der Waals surface area (Å²) < 4.78 is 19.5. The molecule has 3 amide bonds. The number of methoxy groups -OCH3 is 1. The van der Waals surface area contributed by atoms with Crippen LogP contribution in [0.15, 0.2) is 48.6 Å². The second kappa shape index (κ2) is 22.0. The summed E-state index contributed by atoms with van der Waals surface area (Å²) in [7, 11) is 3.51. The van der Waals surface area contributed by atoms with Crippen LogP contribution in [0.1, 0.15) is 83.3 Å². The number of allylic oxidation sites excluding steroid dienone is 2. The Bertz CT molecular complexity index is 2570. The number of ether oxygens (including phenoxy) is 2. The number of amides is 3. The Morgan fingerprint density at radius 1 is 0.855 bits per heavy atom. The van der Waals surface area contributed by atoms with Gasteiger partial charge in [-0.1, -0.05) is 26.0 Å². The lowest BCUT2D eigenvalue weighted by Gasteiger charge is -2.13. The van der Waals surface area contributed by atoms with Crippen LogP contribution in [-0.2, 0) is 31.0 Å². The van der Waals surface area contributed by atoms with Crippen molar-refractivity contribution < 1.29 is 23.9 Å². The Labute approximate surface area is 361 Å². The standard InChI is InChI=1S/C41H52N12O4.C2H6.CH3NO/c1-8-52-31(19-25(4)48-52)29(42)23-32-36(43)28-17-24(3)18-34(56-7)37(28)50(32)14-10-11-15-51-38-30(21-27(39(44)54)22-35(38)57-16-12-13-45-6)46-41(51)47-40(55)33-20-26(5)49-53(33)9-2;1-2;2-1-3/h10-11,17-23,45H,8-9,12-16,42-43H2,1-7H3,(H2,44,54)(H,46,47,55);1-2H3;1H,(H2,2,3)/b11-10+,29-23-;;. The van der Waals surface area contributed by atoms with E-state index in [-0.39, 0.29) is 30.4 Å². The van der Waals surface area contributed by atoms with E-state index in [0.717, 1.165) is 46.5 Å². The van der Waals surface area contributed by atoms with E-state index in [4.69, 9.17) is 36.5 Å². The highest BCUT2D eigenvalue weighted by Gasteiger charge is 2.23. The van der Waals surface area contributed by atoms with E-state index in [1.165, 1.54) is 0 Å². The maximum Gasteiger partial charge on any atom is 0.276 e. The van der Waals surface area contributed by atoms with Gasteiger partial charge in [-0.05, 0) is 103 Å². The highest BCUT2D eigenvalue weighted by Crippen LogP contribution is 2.38. The van der Waals surface area contributed by atoms with Crippen molar-refractivity contribution in [3.63, 3.8) is 0 Å². The van der Waals surface area contributed by atoms with Crippen LogP contribution in [0.4, 0.5) is 11.6 Å². The molecule has 18 nitrogen and oxygen atoms in total. The molecule has 6 rings (SSSR count). The minimum absolute atomic E-state index is 0.238. The molecular weight excluding hydrogens is 791 g/mol. The molecule has 10 N–H and O–H groups in total. The first-order valence-electron chi connectivity index (χ1n) is 20.6. The summed E-state index contributed by atoms with van der Waals surface area (Å²) in [6, 6.07) is 10.9. The topological polar surface area (TPSA) is 256 Å². The number of nitrogens with one attached hydrogen (secondary N) is 2. The molecule has 4 aromatic heterocycles. The number of hydrogen-bond donors (Lipinski definition) is 6. The molecule has 0 bridgehead atoms. The third kappa shape index (κ3) is 10.6. The van der Waals surface area contributed by atoms with E-state index in [1.54, 1.807) is 30.0 Å². The molecule has 0 atom stereocenters. The number of anilines is 2. The molecule has 0 saturated heterocycles. The number of primary amides is 2. The van der Waals surface area contributed by atoms with Gasteiger partial charge in [-0.3, -0.25) is 29.1 Å². The molecule has 0 saturated carbocycles. The number of benzene rings is 2. The van der Waals surface area contributed by atoms with Crippen LogP contribution in [0, 0.1) is 20.8 Å². The van der Waals surface area contributed by atoms with Gasteiger partial charge in [0.25, 0.3) is 5.91 Å². The van der Waals surface area contributed by atoms with E-state index in [0.29, 0.717) is 71.5 Å². The molecule has 0 fully saturated rings. The van der Waals surface area contributed by atoms with Gasteiger partial charge in [0.05, 0.1) is 58.9 Å². The normalized spacial score (nSPS) is 11.3. The Balaban J connectivity index is 0.00000162. The number of rotatable bonds is 17. The van der Waals surface area contributed by atoms with E-state index in [9.17, 15) is 9.59 Å². The second-order valence-corrected chi connectivity index (χ2v) is 14.0. The van der Waals surface area contributed by atoms with Crippen LogP contribution in [-0.4, -0.2) is 79.2 Å². The van der Waals surface area contributed by atoms with Gasteiger partial charge in [-0.2, -0.15) is 10.2 Å². The smallest absolute Gasteiger partial charge is 0.276 e. The Hall–Kier alpha value is -7.08. The van der Waals surface area contributed by atoms with Gasteiger partial charge >= 0.3 is 0 Å². The van der Waals surface area contributed by atoms with Crippen LogP contribution in [0.25, 0.3) is 33.7 Å². The Morgan fingerprint density at radius 3 is 2.06 bits per heavy atom. The van der Waals surface area contributed by atoms with Crippen molar-refractivity contribution in [1.82, 2.24) is 39.0 Å². The number of hydrogen-bond acceptors (Lipinski definition) is 11. The lowest BCUT2D eigenvalue weighted by atomic mass is 10.1. The summed E-state index contributed by atoms with van der Waals surface area (Å²) >= 11 is 0. The molecule has 0 aliphatic heterocycles. The van der Waals surface area contributed by atoms with E-state index < -0.39 is 5.91 Å². The van der Waals surface area contributed by atoms with Crippen molar-refractivity contribution in [3.8, 4) is 11.5 Å². The van der Waals surface area contributed by atoms with Gasteiger partial charge in [-0.15, -0.1) is 0 Å². The minimum Gasteiger partial charge on any atom is -0.495 e. The number of imidazole rings is 1. The second-order valence-electron chi connectivity index (χ2n) is 14.0. The van der Waals surface area contributed by atoms with Gasteiger partial charge < -0.3 is 46.9 Å².